The van der Waals surface area contributed by atoms with Gasteiger partial charge in [-0.25, -0.2) is 13.4 Å². The van der Waals surface area contributed by atoms with Crippen molar-refractivity contribution in [2.45, 2.75) is 23.1 Å². The molecule has 0 saturated carbocycles. The molecule has 1 saturated heterocycles. The van der Waals surface area contributed by atoms with E-state index in [-0.39, 0.29) is 10.1 Å². The second kappa shape index (κ2) is 8.32. The van der Waals surface area contributed by atoms with E-state index in [0.717, 1.165) is 33.8 Å². The standard InChI is InChI=1S/C22H19ClN4O3S2/c23-19-11-12-20(31-19)32(29,30)27-13-3-6-18(27)22(28)24-15-9-7-14(8-10-15)21-25-16-4-1-2-5-17(16)26-21/h1-2,4-5,7-12,18H,3,6,13H2,(H,24,28)(H,25,26). The Bertz CT molecular complexity index is 1360. The van der Waals surface area contributed by atoms with Gasteiger partial charge in [0.1, 0.15) is 16.1 Å². The van der Waals surface area contributed by atoms with E-state index in [1.807, 2.05) is 36.4 Å². The number of nitrogens with one attached hydrogen (secondary N) is 2. The van der Waals surface area contributed by atoms with Gasteiger partial charge in [-0.15, -0.1) is 11.3 Å². The Hall–Kier alpha value is -2.72. The molecule has 2 aromatic heterocycles. The van der Waals surface area contributed by atoms with Crippen molar-refractivity contribution in [3.8, 4) is 11.4 Å². The molecule has 10 heteroatoms. The number of benzene rings is 2. The van der Waals surface area contributed by atoms with Crippen molar-refractivity contribution in [3.63, 3.8) is 0 Å². The first kappa shape index (κ1) is 21.1. The maximum Gasteiger partial charge on any atom is 0.253 e. The van der Waals surface area contributed by atoms with Crippen molar-refractivity contribution in [2.75, 3.05) is 11.9 Å². The second-order valence-corrected chi connectivity index (χ2v) is 11.3. The lowest BCUT2D eigenvalue weighted by Crippen LogP contribution is -2.42. The van der Waals surface area contributed by atoms with Crippen LogP contribution in [0.15, 0.2) is 64.9 Å². The van der Waals surface area contributed by atoms with Crippen LogP contribution in [0.1, 0.15) is 12.8 Å². The second-order valence-electron chi connectivity index (χ2n) is 7.50. The fourth-order valence-electron chi connectivity index (χ4n) is 3.87. The molecule has 0 spiro atoms. The molecule has 5 rings (SSSR count). The fourth-order valence-corrected chi connectivity index (χ4v) is 7.14. The highest BCUT2D eigenvalue weighted by molar-refractivity contribution is 7.91. The maximum absolute atomic E-state index is 13.0. The molecule has 0 aliphatic carbocycles. The lowest BCUT2D eigenvalue weighted by molar-refractivity contribution is -0.119. The molecule has 32 heavy (non-hydrogen) atoms. The van der Waals surface area contributed by atoms with Gasteiger partial charge in [-0.3, -0.25) is 4.79 Å². The Morgan fingerprint density at radius 1 is 1.12 bits per heavy atom. The molecule has 164 valence electrons. The van der Waals surface area contributed by atoms with Crippen molar-refractivity contribution in [2.24, 2.45) is 0 Å². The Morgan fingerprint density at radius 3 is 2.62 bits per heavy atom. The monoisotopic (exact) mass is 486 g/mol. The van der Waals surface area contributed by atoms with Crippen LogP contribution < -0.4 is 5.32 Å². The summed E-state index contributed by atoms with van der Waals surface area (Å²) in [5, 5.41) is 2.85. The topological polar surface area (TPSA) is 95.2 Å². The normalized spacial score (nSPS) is 17.1. The first-order valence-corrected chi connectivity index (χ1v) is 12.7. The molecule has 4 aromatic rings. The van der Waals surface area contributed by atoms with Gasteiger partial charge in [0, 0.05) is 17.8 Å². The highest BCUT2D eigenvalue weighted by atomic mass is 35.5. The maximum atomic E-state index is 13.0. The van der Waals surface area contributed by atoms with E-state index in [4.69, 9.17) is 11.6 Å². The van der Waals surface area contributed by atoms with Crippen LogP contribution in [-0.4, -0.2) is 41.2 Å². The van der Waals surface area contributed by atoms with Crippen molar-refractivity contribution < 1.29 is 13.2 Å². The molecule has 1 unspecified atom stereocenters. The van der Waals surface area contributed by atoms with E-state index in [1.54, 1.807) is 18.2 Å². The zero-order valence-corrected chi connectivity index (χ0v) is 19.2. The number of sulfonamides is 1. The molecule has 1 atom stereocenters. The number of aromatic nitrogens is 2. The van der Waals surface area contributed by atoms with Crippen molar-refractivity contribution in [3.05, 3.63) is 65.0 Å². The molecule has 7 nitrogen and oxygen atoms in total. The van der Waals surface area contributed by atoms with E-state index in [9.17, 15) is 13.2 Å². The van der Waals surface area contributed by atoms with Crippen LogP contribution in [0, 0.1) is 0 Å². The van der Waals surface area contributed by atoms with Gasteiger partial charge >= 0.3 is 0 Å². The van der Waals surface area contributed by atoms with E-state index >= 15 is 0 Å². The number of aromatic amines is 1. The summed E-state index contributed by atoms with van der Waals surface area (Å²) in [5.41, 5.74) is 3.32. The molecule has 2 aromatic carbocycles. The number of hydrogen-bond acceptors (Lipinski definition) is 5. The molecule has 1 amide bonds. The molecular weight excluding hydrogens is 468 g/mol. The predicted octanol–water partition coefficient (Wildman–Crippen LogP) is 4.74. The molecule has 1 aliphatic rings. The highest BCUT2D eigenvalue weighted by Gasteiger charge is 2.40. The number of H-pyrrole nitrogens is 1. The molecule has 1 fully saturated rings. The van der Waals surface area contributed by atoms with Crippen LogP contribution in [0.4, 0.5) is 5.69 Å². The molecule has 0 radical (unpaired) electrons. The Labute approximate surface area is 194 Å². The molecular formula is C22H19ClN4O3S2. The van der Waals surface area contributed by atoms with E-state index < -0.39 is 16.1 Å². The van der Waals surface area contributed by atoms with E-state index in [0.29, 0.717) is 29.4 Å². The van der Waals surface area contributed by atoms with Crippen LogP contribution in [-0.2, 0) is 14.8 Å². The van der Waals surface area contributed by atoms with Gasteiger partial charge in [-0.1, -0.05) is 23.7 Å². The van der Waals surface area contributed by atoms with Crippen LogP contribution in [0.5, 0.6) is 0 Å². The van der Waals surface area contributed by atoms with Gasteiger partial charge in [0.25, 0.3) is 10.0 Å². The number of hydrogen-bond donors (Lipinski definition) is 2. The van der Waals surface area contributed by atoms with Crippen LogP contribution in [0.25, 0.3) is 22.4 Å². The molecule has 2 N–H and O–H groups in total. The average Bonchev–Trinajstić information content (AvgIpc) is 3.53. The average molecular weight is 487 g/mol. The van der Waals surface area contributed by atoms with Crippen molar-refractivity contribution in [1.29, 1.82) is 0 Å². The fraction of sp³-hybridized carbons (Fsp3) is 0.182. The zero-order valence-electron chi connectivity index (χ0n) is 16.8. The van der Waals surface area contributed by atoms with Gasteiger partial charge in [-0.05, 0) is 61.4 Å². The lowest BCUT2D eigenvalue weighted by Gasteiger charge is -2.22. The minimum Gasteiger partial charge on any atom is -0.338 e. The summed E-state index contributed by atoms with van der Waals surface area (Å²) in [6, 6.07) is 17.4. The third-order valence-corrected chi connectivity index (χ3v) is 9.04. The first-order chi connectivity index (χ1) is 15.4. The summed E-state index contributed by atoms with van der Waals surface area (Å²) in [4.78, 5) is 20.8. The lowest BCUT2D eigenvalue weighted by atomic mass is 10.1. The largest absolute Gasteiger partial charge is 0.338 e. The smallest absolute Gasteiger partial charge is 0.253 e. The van der Waals surface area contributed by atoms with E-state index in [1.165, 1.54) is 10.4 Å². The number of thiophene rings is 1. The first-order valence-electron chi connectivity index (χ1n) is 10.0. The minimum absolute atomic E-state index is 0.150. The van der Waals surface area contributed by atoms with Crippen LogP contribution in [0.3, 0.4) is 0 Å². The summed E-state index contributed by atoms with van der Waals surface area (Å²) >= 11 is 6.90. The number of rotatable bonds is 5. The number of para-hydroxylation sites is 2. The number of fused-ring (bicyclic) bond motifs is 1. The quantitative estimate of drug-likeness (QED) is 0.426. The Kier molecular flexibility index (Phi) is 5.50. The van der Waals surface area contributed by atoms with Crippen molar-refractivity contribution in [1.82, 2.24) is 14.3 Å². The summed E-state index contributed by atoms with van der Waals surface area (Å²) < 4.78 is 27.8. The number of anilines is 1. The number of amides is 1. The Balaban J connectivity index is 1.32. The summed E-state index contributed by atoms with van der Waals surface area (Å²) in [6.45, 7) is 0.306. The SMILES string of the molecule is O=C(Nc1ccc(-c2nc3ccccc3[nH]2)cc1)C1CCCN1S(=O)(=O)c1ccc(Cl)s1. The van der Waals surface area contributed by atoms with Gasteiger partial charge in [0.15, 0.2) is 0 Å². The molecule has 0 bridgehead atoms. The van der Waals surface area contributed by atoms with E-state index in [2.05, 4.69) is 15.3 Å². The zero-order chi connectivity index (χ0) is 22.3. The predicted molar refractivity (Wildman–Crippen MR) is 126 cm³/mol. The number of halogens is 1. The van der Waals surface area contributed by atoms with Crippen LogP contribution in [0.2, 0.25) is 4.34 Å². The van der Waals surface area contributed by atoms with Gasteiger partial charge in [0.2, 0.25) is 5.91 Å². The van der Waals surface area contributed by atoms with Crippen LogP contribution >= 0.6 is 22.9 Å². The Morgan fingerprint density at radius 2 is 1.91 bits per heavy atom. The summed E-state index contributed by atoms with van der Waals surface area (Å²) in [5.74, 6) is 0.400. The van der Waals surface area contributed by atoms with Crippen molar-refractivity contribution >= 4 is 55.6 Å². The summed E-state index contributed by atoms with van der Waals surface area (Å²) in [7, 11) is -3.77. The number of nitrogens with zero attached hydrogens (tertiary/aromatic N) is 2. The number of imidazole rings is 1. The third-order valence-electron chi connectivity index (χ3n) is 5.43. The van der Waals surface area contributed by atoms with Gasteiger partial charge < -0.3 is 10.3 Å². The third kappa shape index (κ3) is 3.93. The van der Waals surface area contributed by atoms with Gasteiger partial charge in [-0.2, -0.15) is 4.31 Å². The number of carbonyl (C=O) groups excluding carboxylic acids is 1. The minimum atomic E-state index is -3.77. The molecule has 3 heterocycles. The highest BCUT2D eigenvalue weighted by Crippen LogP contribution is 2.32. The van der Waals surface area contributed by atoms with Gasteiger partial charge in [0.05, 0.1) is 15.4 Å². The molecule has 1 aliphatic heterocycles. The summed E-state index contributed by atoms with van der Waals surface area (Å²) in [6.07, 6.45) is 1.10. The number of carbonyl (C=O) groups is 1.